The van der Waals surface area contributed by atoms with Crippen LogP contribution in [0.2, 0.25) is 0 Å². The van der Waals surface area contributed by atoms with Crippen molar-refractivity contribution in [1.82, 2.24) is 20.1 Å². The Labute approximate surface area is 92.1 Å². The first kappa shape index (κ1) is 12.2. The second-order valence-corrected chi connectivity index (χ2v) is 4.51. The molecule has 0 saturated carbocycles. The summed E-state index contributed by atoms with van der Waals surface area (Å²) < 4.78 is 1.85. The molecule has 0 fully saturated rings. The summed E-state index contributed by atoms with van der Waals surface area (Å²) in [5.41, 5.74) is 0. The summed E-state index contributed by atoms with van der Waals surface area (Å²) in [5, 5.41) is 7.51. The first-order chi connectivity index (χ1) is 7.09. The summed E-state index contributed by atoms with van der Waals surface area (Å²) in [6.07, 6.45) is 3.79. The van der Waals surface area contributed by atoms with Crippen molar-refractivity contribution in [1.29, 1.82) is 0 Å². The van der Waals surface area contributed by atoms with E-state index in [2.05, 4.69) is 36.2 Å². The molecule has 1 atom stereocenters. The van der Waals surface area contributed by atoms with Crippen LogP contribution in [0, 0.1) is 5.92 Å². The SMILES string of the molecule is CC(CCc1ncnn1C)CNC(C)C. The van der Waals surface area contributed by atoms with Gasteiger partial charge in [0.25, 0.3) is 0 Å². The summed E-state index contributed by atoms with van der Waals surface area (Å²) in [5.74, 6) is 1.76. The fourth-order valence-corrected chi connectivity index (χ4v) is 1.46. The zero-order chi connectivity index (χ0) is 11.3. The number of nitrogens with zero attached hydrogens (tertiary/aromatic N) is 3. The summed E-state index contributed by atoms with van der Waals surface area (Å²) in [4.78, 5) is 4.21. The fourth-order valence-electron chi connectivity index (χ4n) is 1.46. The van der Waals surface area contributed by atoms with Gasteiger partial charge in [0.1, 0.15) is 12.2 Å². The maximum Gasteiger partial charge on any atom is 0.138 e. The van der Waals surface area contributed by atoms with Crippen molar-refractivity contribution >= 4 is 0 Å². The lowest BCUT2D eigenvalue weighted by molar-refractivity contribution is 0.447. The topological polar surface area (TPSA) is 42.7 Å². The molecule has 0 aliphatic rings. The standard InChI is InChI=1S/C11H22N4/c1-9(2)12-7-10(3)5-6-11-13-8-14-15(11)4/h8-10,12H,5-7H2,1-4H3. The zero-order valence-electron chi connectivity index (χ0n) is 10.2. The van der Waals surface area contributed by atoms with Crippen molar-refractivity contribution in [3.63, 3.8) is 0 Å². The second kappa shape index (κ2) is 5.85. The Morgan fingerprint density at radius 3 is 2.67 bits per heavy atom. The van der Waals surface area contributed by atoms with Crippen molar-refractivity contribution in [3.05, 3.63) is 12.2 Å². The Balaban J connectivity index is 2.22. The van der Waals surface area contributed by atoms with E-state index >= 15 is 0 Å². The summed E-state index contributed by atoms with van der Waals surface area (Å²) >= 11 is 0. The number of hydrogen-bond donors (Lipinski definition) is 1. The van der Waals surface area contributed by atoms with E-state index in [9.17, 15) is 0 Å². The number of hydrogen-bond acceptors (Lipinski definition) is 3. The first-order valence-corrected chi connectivity index (χ1v) is 5.66. The molecule has 0 bridgehead atoms. The minimum atomic E-state index is 0.572. The van der Waals surface area contributed by atoms with Gasteiger partial charge in [-0.3, -0.25) is 4.68 Å². The number of aromatic nitrogens is 3. The third-order valence-corrected chi connectivity index (χ3v) is 2.54. The highest BCUT2D eigenvalue weighted by atomic mass is 15.3. The lowest BCUT2D eigenvalue weighted by Gasteiger charge is -2.14. The van der Waals surface area contributed by atoms with E-state index in [0.717, 1.165) is 25.2 Å². The smallest absolute Gasteiger partial charge is 0.138 e. The molecule has 1 unspecified atom stereocenters. The zero-order valence-corrected chi connectivity index (χ0v) is 10.2. The molecule has 1 aromatic rings. The van der Waals surface area contributed by atoms with Gasteiger partial charge >= 0.3 is 0 Å². The van der Waals surface area contributed by atoms with Crippen LogP contribution in [0.3, 0.4) is 0 Å². The van der Waals surface area contributed by atoms with Gasteiger partial charge in [-0.05, 0) is 18.9 Å². The largest absolute Gasteiger partial charge is 0.314 e. The number of aryl methyl sites for hydroxylation is 2. The minimum Gasteiger partial charge on any atom is -0.314 e. The van der Waals surface area contributed by atoms with E-state index in [1.54, 1.807) is 6.33 Å². The molecule has 1 heterocycles. The molecule has 86 valence electrons. The van der Waals surface area contributed by atoms with Gasteiger partial charge in [0.15, 0.2) is 0 Å². The Hall–Kier alpha value is -0.900. The predicted molar refractivity (Wildman–Crippen MR) is 61.6 cm³/mol. The van der Waals surface area contributed by atoms with Crippen LogP contribution in [0.15, 0.2) is 6.33 Å². The van der Waals surface area contributed by atoms with Crippen LogP contribution in [0.5, 0.6) is 0 Å². The maximum absolute atomic E-state index is 4.21. The Morgan fingerprint density at radius 1 is 1.40 bits per heavy atom. The van der Waals surface area contributed by atoms with Gasteiger partial charge in [0.2, 0.25) is 0 Å². The van der Waals surface area contributed by atoms with Crippen LogP contribution in [0.4, 0.5) is 0 Å². The molecule has 0 aliphatic carbocycles. The second-order valence-electron chi connectivity index (χ2n) is 4.51. The molecule has 0 aliphatic heterocycles. The Morgan fingerprint density at radius 2 is 2.13 bits per heavy atom. The van der Waals surface area contributed by atoms with Gasteiger partial charge in [0.05, 0.1) is 0 Å². The molecular formula is C11H22N4. The van der Waals surface area contributed by atoms with Gasteiger partial charge in [-0.15, -0.1) is 0 Å². The normalized spacial score (nSPS) is 13.4. The van der Waals surface area contributed by atoms with E-state index in [1.165, 1.54) is 0 Å². The first-order valence-electron chi connectivity index (χ1n) is 5.66. The van der Waals surface area contributed by atoms with E-state index in [-0.39, 0.29) is 0 Å². The molecule has 0 aromatic carbocycles. The fraction of sp³-hybridized carbons (Fsp3) is 0.818. The molecule has 1 N–H and O–H groups in total. The average molecular weight is 210 g/mol. The van der Waals surface area contributed by atoms with Crippen LogP contribution in [-0.4, -0.2) is 27.4 Å². The van der Waals surface area contributed by atoms with Crippen molar-refractivity contribution in [2.24, 2.45) is 13.0 Å². The summed E-state index contributed by atoms with van der Waals surface area (Å²) in [7, 11) is 1.94. The summed E-state index contributed by atoms with van der Waals surface area (Å²) in [6.45, 7) is 7.70. The maximum atomic E-state index is 4.21. The summed E-state index contributed by atoms with van der Waals surface area (Å²) in [6, 6.07) is 0.572. The van der Waals surface area contributed by atoms with Gasteiger partial charge in [-0.1, -0.05) is 20.8 Å². The average Bonchev–Trinajstić information content (AvgIpc) is 2.58. The van der Waals surface area contributed by atoms with E-state index < -0.39 is 0 Å². The molecule has 0 spiro atoms. The van der Waals surface area contributed by atoms with Gasteiger partial charge in [-0.25, -0.2) is 4.98 Å². The Kier molecular flexibility index (Phi) is 4.75. The van der Waals surface area contributed by atoms with E-state index in [0.29, 0.717) is 12.0 Å². The van der Waals surface area contributed by atoms with Crippen LogP contribution in [-0.2, 0) is 13.5 Å². The van der Waals surface area contributed by atoms with Crippen LogP contribution >= 0.6 is 0 Å². The van der Waals surface area contributed by atoms with Crippen LogP contribution in [0.25, 0.3) is 0 Å². The third kappa shape index (κ3) is 4.42. The molecular weight excluding hydrogens is 188 g/mol. The monoisotopic (exact) mass is 210 g/mol. The van der Waals surface area contributed by atoms with Gasteiger partial charge in [-0.2, -0.15) is 5.10 Å². The Bertz CT molecular complexity index is 280. The predicted octanol–water partition coefficient (Wildman–Crippen LogP) is 1.38. The molecule has 1 aromatic heterocycles. The van der Waals surface area contributed by atoms with Crippen molar-refractivity contribution in [2.45, 2.75) is 39.7 Å². The van der Waals surface area contributed by atoms with Crippen molar-refractivity contribution in [2.75, 3.05) is 6.54 Å². The van der Waals surface area contributed by atoms with Gasteiger partial charge in [0, 0.05) is 19.5 Å². The van der Waals surface area contributed by atoms with Crippen molar-refractivity contribution in [3.8, 4) is 0 Å². The molecule has 15 heavy (non-hydrogen) atoms. The molecule has 4 nitrogen and oxygen atoms in total. The highest BCUT2D eigenvalue weighted by Gasteiger charge is 2.06. The van der Waals surface area contributed by atoms with E-state index in [4.69, 9.17) is 0 Å². The van der Waals surface area contributed by atoms with Gasteiger partial charge < -0.3 is 5.32 Å². The number of rotatable bonds is 6. The molecule has 0 radical (unpaired) electrons. The quantitative estimate of drug-likeness (QED) is 0.771. The molecule has 0 saturated heterocycles. The minimum absolute atomic E-state index is 0.572. The third-order valence-electron chi connectivity index (χ3n) is 2.54. The van der Waals surface area contributed by atoms with Crippen molar-refractivity contribution < 1.29 is 0 Å². The molecule has 0 amide bonds. The van der Waals surface area contributed by atoms with Crippen LogP contribution < -0.4 is 5.32 Å². The lowest BCUT2D eigenvalue weighted by atomic mass is 10.1. The highest BCUT2D eigenvalue weighted by Crippen LogP contribution is 2.06. The lowest BCUT2D eigenvalue weighted by Crippen LogP contribution is -2.28. The number of nitrogens with one attached hydrogen (secondary N) is 1. The van der Waals surface area contributed by atoms with E-state index in [1.807, 2.05) is 11.7 Å². The van der Waals surface area contributed by atoms with Crippen LogP contribution in [0.1, 0.15) is 33.0 Å². The molecule has 1 rings (SSSR count). The highest BCUT2D eigenvalue weighted by molar-refractivity contribution is 4.83. The molecule has 4 heteroatoms.